The van der Waals surface area contributed by atoms with Crippen molar-refractivity contribution in [1.29, 1.82) is 0 Å². The minimum Gasteiger partial charge on any atom is -0.462 e. The van der Waals surface area contributed by atoms with E-state index in [9.17, 15) is 43.2 Å². The van der Waals surface area contributed by atoms with Gasteiger partial charge < -0.3 is 33.8 Å². The molecule has 534 valence electrons. The monoisotopic (exact) mass is 1320 g/mol. The molecule has 2 unspecified atom stereocenters. The van der Waals surface area contributed by atoms with Crippen LogP contribution in [0, 0.1) is 17.8 Å². The first-order chi connectivity index (χ1) is 43.2. The Morgan fingerprint density at radius 1 is 0.300 bits per heavy atom. The van der Waals surface area contributed by atoms with Crippen LogP contribution in [0.5, 0.6) is 0 Å². The van der Waals surface area contributed by atoms with Crippen LogP contribution in [-0.2, 0) is 65.4 Å². The molecule has 0 aliphatic heterocycles. The summed E-state index contributed by atoms with van der Waals surface area (Å²) in [5, 5.41) is 10.6. The van der Waals surface area contributed by atoms with Crippen LogP contribution in [0.25, 0.3) is 0 Å². The molecule has 0 fully saturated rings. The van der Waals surface area contributed by atoms with Gasteiger partial charge in [-0.1, -0.05) is 305 Å². The number of aliphatic hydroxyl groups is 1. The predicted octanol–water partition coefficient (Wildman–Crippen LogP) is 20.2. The van der Waals surface area contributed by atoms with Crippen LogP contribution in [0.4, 0.5) is 0 Å². The Bertz CT molecular complexity index is 1770. The van der Waals surface area contributed by atoms with E-state index in [4.69, 9.17) is 37.0 Å². The van der Waals surface area contributed by atoms with Crippen molar-refractivity contribution in [1.82, 2.24) is 0 Å². The van der Waals surface area contributed by atoms with E-state index < -0.39 is 97.5 Å². The number of phosphoric acid groups is 2. The summed E-state index contributed by atoms with van der Waals surface area (Å²) < 4.78 is 68.2. The fraction of sp³-hybridized carbons (Fsp3) is 0.944. The molecule has 19 heteroatoms. The Hall–Kier alpha value is -1.94. The fourth-order valence-electron chi connectivity index (χ4n) is 10.7. The summed E-state index contributed by atoms with van der Waals surface area (Å²) in [5.41, 5.74) is 0. The van der Waals surface area contributed by atoms with Gasteiger partial charge >= 0.3 is 39.5 Å². The van der Waals surface area contributed by atoms with Gasteiger partial charge in [0.05, 0.1) is 26.4 Å². The Morgan fingerprint density at radius 2 is 0.511 bits per heavy atom. The summed E-state index contributed by atoms with van der Waals surface area (Å²) in [6.07, 6.45) is 46.0. The summed E-state index contributed by atoms with van der Waals surface area (Å²) in [6, 6.07) is 0. The van der Waals surface area contributed by atoms with Crippen molar-refractivity contribution in [3.8, 4) is 0 Å². The summed E-state index contributed by atoms with van der Waals surface area (Å²) in [4.78, 5) is 72.5. The Balaban J connectivity index is 5.19. The van der Waals surface area contributed by atoms with E-state index in [2.05, 4.69) is 48.5 Å². The molecule has 0 radical (unpaired) electrons. The number of carbonyl (C=O) groups is 4. The molecule has 0 aromatic heterocycles. The number of unbranched alkanes of at least 4 members (excludes halogenated alkanes) is 37. The molecule has 17 nitrogen and oxygen atoms in total. The van der Waals surface area contributed by atoms with Gasteiger partial charge in [0.25, 0.3) is 0 Å². The van der Waals surface area contributed by atoms with Crippen LogP contribution in [0.3, 0.4) is 0 Å². The van der Waals surface area contributed by atoms with E-state index in [0.717, 1.165) is 114 Å². The Kier molecular flexibility index (Phi) is 60.6. The summed E-state index contributed by atoms with van der Waals surface area (Å²) in [6.45, 7) is 11.8. The number of aliphatic hydroxyl groups excluding tert-OH is 1. The van der Waals surface area contributed by atoms with E-state index in [1.165, 1.54) is 161 Å². The van der Waals surface area contributed by atoms with E-state index in [-0.39, 0.29) is 25.7 Å². The van der Waals surface area contributed by atoms with Gasteiger partial charge in [0.15, 0.2) is 12.2 Å². The lowest BCUT2D eigenvalue weighted by Crippen LogP contribution is -2.30. The van der Waals surface area contributed by atoms with Gasteiger partial charge in [-0.2, -0.15) is 0 Å². The van der Waals surface area contributed by atoms with Crippen LogP contribution in [0.1, 0.15) is 357 Å². The van der Waals surface area contributed by atoms with Gasteiger partial charge in [-0.25, -0.2) is 9.13 Å². The maximum absolute atomic E-state index is 13.0. The molecule has 0 aromatic carbocycles. The quantitative estimate of drug-likeness (QED) is 0.0222. The number of hydrogen-bond donors (Lipinski definition) is 3. The molecule has 0 aliphatic carbocycles. The smallest absolute Gasteiger partial charge is 0.462 e. The number of hydrogen-bond acceptors (Lipinski definition) is 15. The topological polar surface area (TPSA) is 237 Å². The summed E-state index contributed by atoms with van der Waals surface area (Å²) >= 11 is 0. The number of carbonyl (C=O) groups excluding carboxylic acids is 4. The van der Waals surface area contributed by atoms with Crippen LogP contribution in [0.15, 0.2) is 0 Å². The molecule has 0 heterocycles. The lowest BCUT2D eigenvalue weighted by Gasteiger charge is -2.21. The first-order valence-corrected chi connectivity index (χ1v) is 39.8. The van der Waals surface area contributed by atoms with Gasteiger partial charge in [-0.05, 0) is 43.4 Å². The molecule has 0 amide bonds. The fourth-order valence-corrected chi connectivity index (χ4v) is 12.3. The number of ether oxygens (including phenoxy) is 4. The van der Waals surface area contributed by atoms with Crippen molar-refractivity contribution in [2.75, 3.05) is 39.6 Å². The predicted molar refractivity (Wildman–Crippen MR) is 363 cm³/mol. The van der Waals surface area contributed by atoms with E-state index >= 15 is 0 Å². The van der Waals surface area contributed by atoms with Gasteiger partial charge in [0.1, 0.15) is 19.3 Å². The molecule has 0 rings (SSSR count). The minimum atomic E-state index is -4.95. The molecule has 0 bridgehead atoms. The number of esters is 4. The third-order valence-corrected chi connectivity index (χ3v) is 18.3. The first kappa shape index (κ1) is 88.1. The standard InChI is InChI=1S/C71H138O17P2/c1-8-9-10-11-12-31-38-45-52-68(73)81-58-66(88-71(76)55-48-41-34-27-26-30-37-44-51-64(6)7)60-85-89(77,78)83-56-65(72)57-84-90(79,80)86-61-67(59-82-69(74)53-46-39-32-25-21-23-29-36-43-50-63(4)5)87-70(75)54-47-40-33-24-20-18-16-14-13-15-17-19-22-28-35-42-49-62(2)3/h62-67,72H,8-61H2,1-7H3,(H,77,78)(H,79,80)/t65-,66+,67+/m0/s1. The number of phosphoric ester groups is 2. The van der Waals surface area contributed by atoms with Gasteiger partial charge in [-0.3, -0.25) is 37.3 Å². The van der Waals surface area contributed by atoms with Crippen molar-refractivity contribution in [3.63, 3.8) is 0 Å². The molecule has 0 aromatic rings. The largest absolute Gasteiger partial charge is 0.472 e. The van der Waals surface area contributed by atoms with Crippen LogP contribution in [-0.4, -0.2) is 96.7 Å². The normalized spacial score (nSPS) is 14.2. The van der Waals surface area contributed by atoms with Crippen molar-refractivity contribution in [2.24, 2.45) is 17.8 Å². The molecule has 90 heavy (non-hydrogen) atoms. The molecule has 0 aliphatic rings. The average Bonchev–Trinajstić information content (AvgIpc) is 3.47. The third kappa shape index (κ3) is 64.8. The zero-order valence-electron chi connectivity index (χ0n) is 58.6. The lowest BCUT2D eigenvalue weighted by atomic mass is 10.0. The molecule has 0 spiro atoms. The SMILES string of the molecule is CCCCCCCCCCC(=O)OC[C@H](COP(=O)(O)OC[C@H](O)COP(=O)(O)OC[C@@H](COC(=O)CCCCCCCCCCCC(C)C)OC(=O)CCCCCCCCCCCCCCCCCCC(C)C)OC(=O)CCCCCCCCCCC(C)C. The molecule has 0 saturated heterocycles. The van der Waals surface area contributed by atoms with Gasteiger partial charge in [-0.15, -0.1) is 0 Å². The van der Waals surface area contributed by atoms with E-state index in [1.54, 1.807) is 0 Å². The first-order valence-electron chi connectivity index (χ1n) is 36.8. The molecule has 3 N–H and O–H groups in total. The van der Waals surface area contributed by atoms with Gasteiger partial charge in [0.2, 0.25) is 0 Å². The summed E-state index contributed by atoms with van der Waals surface area (Å²) in [7, 11) is -9.90. The van der Waals surface area contributed by atoms with Crippen molar-refractivity contribution in [3.05, 3.63) is 0 Å². The van der Waals surface area contributed by atoms with Crippen LogP contribution in [0.2, 0.25) is 0 Å². The highest BCUT2D eigenvalue weighted by molar-refractivity contribution is 7.47. The zero-order chi connectivity index (χ0) is 66.6. The zero-order valence-corrected chi connectivity index (χ0v) is 60.4. The van der Waals surface area contributed by atoms with Crippen molar-refractivity contribution < 1.29 is 80.2 Å². The second-order valence-corrected chi connectivity index (χ2v) is 30.0. The molecular formula is C71H138O17P2. The van der Waals surface area contributed by atoms with Crippen molar-refractivity contribution >= 4 is 39.5 Å². The highest BCUT2D eigenvalue weighted by atomic mass is 31.2. The number of rotatable bonds is 69. The Morgan fingerprint density at radius 3 is 0.756 bits per heavy atom. The van der Waals surface area contributed by atoms with E-state index in [1.807, 2.05) is 0 Å². The molecule has 5 atom stereocenters. The second-order valence-electron chi connectivity index (χ2n) is 27.1. The van der Waals surface area contributed by atoms with E-state index in [0.29, 0.717) is 25.7 Å². The van der Waals surface area contributed by atoms with Gasteiger partial charge in [0, 0.05) is 25.7 Å². The van der Waals surface area contributed by atoms with Crippen LogP contribution < -0.4 is 0 Å². The third-order valence-electron chi connectivity index (χ3n) is 16.4. The maximum Gasteiger partial charge on any atom is 0.472 e. The molecule has 0 saturated carbocycles. The Labute approximate surface area is 549 Å². The van der Waals surface area contributed by atoms with Crippen molar-refractivity contribution in [2.45, 2.75) is 375 Å². The lowest BCUT2D eigenvalue weighted by molar-refractivity contribution is -0.161. The maximum atomic E-state index is 13.0. The van der Waals surface area contributed by atoms with Crippen LogP contribution >= 0.6 is 15.6 Å². The molecular weight excluding hydrogens is 1190 g/mol. The average molecular weight is 1330 g/mol. The summed E-state index contributed by atoms with van der Waals surface area (Å²) in [5.74, 6) is 0.142. The second kappa shape index (κ2) is 61.9. The highest BCUT2D eigenvalue weighted by Crippen LogP contribution is 2.45. The highest BCUT2D eigenvalue weighted by Gasteiger charge is 2.30. The minimum absolute atomic E-state index is 0.104.